The molecule has 1 atom stereocenters. The maximum absolute atomic E-state index is 6.02. The van der Waals surface area contributed by atoms with Crippen LogP contribution in [-0.2, 0) is 6.54 Å². The molecule has 0 amide bonds. The van der Waals surface area contributed by atoms with Crippen LogP contribution in [0.5, 0.6) is 0 Å². The molecule has 0 radical (unpaired) electrons. The summed E-state index contributed by atoms with van der Waals surface area (Å²) in [5, 5.41) is 4.23. The van der Waals surface area contributed by atoms with Crippen LogP contribution in [0.15, 0.2) is 18.2 Å². The van der Waals surface area contributed by atoms with E-state index in [1.54, 1.807) is 0 Å². The molecule has 0 bridgehead atoms. The molecule has 1 heterocycles. The van der Waals surface area contributed by atoms with E-state index in [0.29, 0.717) is 6.04 Å². The molecule has 11 heavy (non-hydrogen) atoms. The first-order valence-electron chi connectivity index (χ1n) is 3.79. The third-order valence-corrected chi connectivity index (χ3v) is 2.50. The van der Waals surface area contributed by atoms with Gasteiger partial charge >= 0.3 is 0 Å². The standard InChI is InChI=1S/C9H10ClN/c1-6-9-7(5-11-6)3-2-4-8(9)10/h2-4,6,11H,5H2,1H3/t6-/m1/s1. The van der Waals surface area contributed by atoms with Crippen LogP contribution in [-0.4, -0.2) is 0 Å². The number of benzene rings is 1. The third-order valence-electron chi connectivity index (χ3n) is 2.17. The Bertz CT molecular complexity index is 283. The Morgan fingerprint density at radius 3 is 3.09 bits per heavy atom. The minimum Gasteiger partial charge on any atom is -0.306 e. The average Bonchev–Trinajstić information content (AvgIpc) is 2.34. The second-order valence-corrected chi connectivity index (χ2v) is 3.32. The fraction of sp³-hybridized carbons (Fsp3) is 0.333. The fourth-order valence-corrected chi connectivity index (χ4v) is 1.94. The lowest BCUT2D eigenvalue weighted by molar-refractivity contribution is 0.633. The van der Waals surface area contributed by atoms with Crippen LogP contribution in [0.25, 0.3) is 0 Å². The van der Waals surface area contributed by atoms with Crippen molar-refractivity contribution in [2.24, 2.45) is 0 Å². The van der Waals surface area contributed by atoms with Crippen molar-refractivity contribution in [3.63, 3.8) is 0 Å². The highest BCUT2D eigenvalue weighted by Crippen LogP contribution is 2.30. The summed E-state index contributed by atoms with van der Waals surface area (Å²) in [4.78, 5) is 0. The van der Waals surface area contributed by atoms with E-state index >= 15 is 0 Å². The molecule has 0 spiro atoms. The van der Waals surface area contributed by atoms with Crippen molar-refractivity contribution in [1.82, 2.24) is 5.32 Å². The summed E-state index contributed by atoms with van der Waals surface area (Å²) < 4.78 is 0. The van der Waals surface area contributed by atoms with Crippen molar-refractivity contribution in [2.75, 3.05) is 0 Å². The van der Waals surface area contributed by atoms with Crippen molar-refractivity contribution < 1.29 is 0 Å². The predicted molar refractivity (Wildman–Crippen MR) is 46.7 cm³/mol. The second-order valence-electron chi connectivity index (χ2n) is 2.92. The maximum atomic E-state index is 6.02. The summed E-state index contributed by atoms with van der Waals surface area (Å²) in [6.07, 6.45) is 0. The van der Waals surface area contributed by atoms with Gasteiger partial charge in [-0.25, -0.2) is 0 Å². The zero-order valence-electron chi connectivity index (χ0n) is 6.39. The molecule has 0 aliphatic carbocycles. The second kappa shape index (κ2) is 2.50. The summed E-state index contributed by atoms with van der Waals surface area (Å²) in [6.45, 7) is 3.09. The summed E-state index contributed by atoms with van der Waals surface area (Å²) in [5.74, 6) is 0. The van der Waals surface area contributed by atoms with Crippen LogP contribution in [0.4, 0.5) is 0 Å². The zero-order chi connectivity index (χ0) is 7.84. The van der Waals surface area contributed by atoms with E-state index in [0.717, 1.165) is 11.6 Å². The Morgan fingerprint density at radius 1 is 1.55 bits per heavy atom. The fourth-order valence-electron chi connectivity index (χ4n) is 1.59. The number of rotatable bonds is 0. The van der Waals surface area contributed by atoms with Crippen LogP contribution < -0.4 is 5.32 Å². The predicted octanol–water partition coefficient (Wildman–Crippen LogP) is 2.50. The van der Waals surface area contributed by atoms with Gasteiger partial charge in [0.2, 0.25) is 0 Å². The van der Waals surface area contributed by atoms with Crippen LogP contribution in [0.1, 0.15) is 24.1 Å². The molecule has 0 fully saturated rings. The molecule has 1 aliphatic heterocycles. The molecule has 58 valence electrons. The van der Waals surface area contributed by atoms with Gasteiger partial charge in [-0.15, -0.1) is 0 Å². The molecule has 1 nitrogen and oxygen atoms in total. The van der Waals surface area contributed by atoms with Gasteiger partial charge in [-0.1, -0.05) is 23.7 Å². The van der Waals surface area contributed by atoms with E-state index in [4.69, 9.17) is 11.6 Å². The molecule has 1 aromatic rings. The lowest BCUT2D eigenvalue weighted by Crippen LogP contribution is -2.07. The van der Waals surface area contributed by atoms with Gasteiger partial charge in [0.25, 0.3) is 0 Å². The first-order valence-corrected chi connectivity index (χ1v) is 4.17. The SMILES string of the molecule is C[C@H]1NCc2cccc(Cl)c21. The lowest BCUT2D eigenvalue weighted by Gasteiger charge is -2.05. The molecule has 1 aliphatic rings. The van der Waals surface area contributed by atoms with Gasteiger partial charge in [0.05, 0.1) is 0 Å². The minimum atomic E-state index is 0.415. The molecule has 0 aromatic heterocycles. The van der Waals surface area contributed by atoms with Crippen LogP contribution in [0.3, 0.4) is 0 Å². The van der Waals surface area contributed by atoms with Gasteiger partial charge in [0.1, 0.15) is 0 Å². The molecule has 0 saturated carbocycles. The number of hydrogen-bond donors (Lipinski definition) is 1. The van der Waals surface area contributed by atoms with Crippen molar-refractivity contribution in [2.45, 2.75) is 19.5 Å². The Balaban J connectivity index is 2.58. The Hall–Kier alpha value is -0.530. The molecule has 2 rings (SSSR count). The first-order chi connectivity index (χ1) is 5.29. The number of halogens is 1. The molecule has 1 N–H and O–H groups in total. The Kier molecular flexibility index (Phi) is 1.63. The summed E-state index contributed by atoms with van der Waals surface area (Å²) in [7, 11) is 0. The van der Waals surface area contributed by atoms with Gasteiger partial charge in [-0.2, -0.15) is 0 Å². The van der Waals surface area contributed by atoms with Crippen LogP contribution in [0.2, 0.25) is 5.02 Å². The van der Waals surface area contributed by atoms with E-state index in [2.05, 4.69) is 18.3 Å². The molecule has 0 unspecified atom stereocenters. The lowest BCUT2D eigenvalue weighted by atomic mass is 10.1. The van der Waals surface area contributed by atoms with Crippen LogP contribution in [0, 0.1) is 0 Å². The number of nitrogens with one attached hydrogen (secondary N) is 1. The Morgan fingerprint density at radius 2 is 2.36 bits per heavy atom. The topological polar surface area (TPSA) is 12.0 Å². The van der Waals surface area contributed by atoms with Gasteiger partial charge in [-0.05, 0) is 24.1 Å². The minimum absolute atomic E-state index is 0.415. The van der Waals surface area contributed by atoms with Crippen molar-refractivity contribution in [1.29, 1.82) is 0 Å². The molecule has 0 saturated heterocycles. The van der Waals surface area contributed by atoms with Crippen molar-refractivity contribution in [3.8, 4) is 0 Å². The summed E-state index contributed by atoms with van der Waals surface area (Å²) in [6, 6.07) is 6.49. The van der Waals surface area contributed by atoms with Crippen LogP contribution >= 0.6 is 11.6 Å². The van der Waals surface area contributed by atoms with Gasteiger partial charge in [0, 0.05) is 17.6 Å². The maximum Gasteiger partial charge on any atom is 0.0456 e. The summed E-state index contributed by atoms with van der Waals surface area (Å²) >= 11 is 6.02. The largest absolute Gasteiger partial charge is 0.306 e. The highest BCUT2D eigenvalue weighted by Gasteiger charge is 2.19. The molecule has 2 heteroatoms. The summed E-state index contributed by atoms with van der Waals surface area (Å²) in [5.41, 5.74) is 2.61. The molecule has 1 aromatic carbocycles. The van der Waals surface area contributed by atoms with E-state index in [1.807, 2.05) is 12.1 Å². The Labute approximate surface area is 71.4 Å². The molecular formula is C9H10ClN. The molecular weight excluding hydrogens is 158 g/mol. The van der Waals surface area contributed by atoms with Gasteiger partial charge < -0.3 is 5.32 Å². The zero-order valence-corrected chi connectivity index (χ0v) is 7.15. The third kappa shape index (κ3) is 1.05. The highest BCUT2D eigenvalue weighted by atomic mass is 35.5. The van der Waals surface area contributed by atoms with E-state index in [1.165, 1.54) is 11.1 Å². The average molecular weight is 168 g/mol. The normalized spacial score (nSPS) is 21.8. The smallest absolute Gasteiger partial charge is 0.0456 e. The van der Waals surface area contributed by atoms with Crippen molar-refractivity contribution >= 4 is 11.6 Å². The monoisotopic (exact) mass is 167 g/mol. The number of fused-ring (bicyclic) bond motifs is 1. The number of hydrogen-bond acceptors (Lipinski definition) is 1. The van der Waals surface area contributed by atoms with Crippen molar-refractivity contribution in [3.05, 3.63) is 34.3 Å². The highest BCUT2D eigenvalue weighted by molar-refractivity contribution is 6.31. The van der Waals surface area contributed by atoms with Gasteiger partial charge in [0.15, 0.2) is 0 Å². The van der Waals surface area contributed by atoms with E-state index < -0.39 is 0 Å². The van der Waals surface area contributed by atoms with E-state index in [-0.39, 0.29) is 0 Å². The van der Waals surface area contributed by atoms with Gasteiger partial charge in [-0.3, -0.25) is 0 Å². The quantitative estimate of drug-likeness (QED) is 0.626. The van der Waals surface area contributed by atoms with E-state index in [9.17, 15) is 0 Å². The first kappa shape index (κ1) is 7.14.